The van der Waals surface area contributed by atoms with Gasteiger partial charge in [-0.15, -0.1) is 0 Å². The van der Waals surface area contributed by atoms with Crippen molar-refractivity contribution in [3.8, 4) is 78.7 Å². The Kier molecular flexibility index (Phi) is 8.51. The van der Waals surface area contributed by atoms with Crippen LogP contribution in [-0.2, 0) is 0 Å². The van der Waals surface area contributed by atoms with Gasteiger partial charge in [-0.1, -0.05) is 194 Å². The third kappa shape index (κ3) is 6.31. The molecule has 9 aromatic carbocycles. The molecule has 1 heterocycles. The molecule has 0 aliphatic rings. The average molecular weight is 714 g/mol. The van der Waals surface area contributed by atoms with E-state index < -0.39 is 0 Å². The van der Waals surface area contributed by atoms with Crippen LogP contribution in [0, 0.1) is 0 Å². The second-order valence-electron chi connectivity index (χ2n) is 14.0. The van der Waals surface area contributed by atoms with Crippen LogP contribution < -0.4 is 0 Å². The molecule has 3 heteroatoms. The van der Waals surface area contributed by atoms with Gasteiger partial charge in [0.25, 0.3) is 0 Å². The van der Waals surface area contributed by atoms with E-state index in [4.69, 9.17) is 15.0 Å². The standard InChI is InChI=1S/C53H35N3/c1-3-16-37(17-4-1)45-21-9-11-23-47(45)48-24-12-14-26-50(48)53-55-51(38-18-5-2-6-19-38)54-52(56-53)49-25-13-10-22-46(49)44-32-31-42-34-41(29-30-43(42)35-44)40-28-27-36-15-7-8-20-39(36)33-40/h1-35H. The van der Waals surface area contributed by atoms with Crippen molar-refractivity contribution in [2.75, 3.05) is 0 Å². The van der Waals surface area contributed by atoms with E-state index in [-0.39, 0.29) is 0 Å². The molecule has 0 saturated carbocycles. The molecule has 56 heavy (non-hydrogen) atoms. The first-order valence-corrected chi connectivity index (χ1v) is 18.9. The Morgan fingerprint density at radius 3 is 1.16 bits per heavy atom. The largest absolute Gasteiger partial charge is 0.208 e. The Bertz CT molecular complexity index is 3020. The lowest BCUT2D eigenvalue weighted by molar-refractivity contribution is 1.07. The fraction of sp³-hybridized carbons (Fsp3) is 0. The van der Waals surface area contributed by atoms with Gasteiger partial charge in [0.2, 0.25) is 0 Å². The van der Waals surface area contributed by atoms with Gasteiger partial charge in [-0.3, -0.25) is 0 Å². The molecule has 0 radical (unpaired) electrons. The molecule has 262 valence electrons. The van der Waals surface area contributed by atoms with E-state index in [0.29, 0.717) is 17.5 Å². The SMILES string of the molecule is c1ccc(-c2nc(-c3ccccc3-c3ccc4cc(-c5ccc6ccccc6c5)ccc4c3)nc(-c3ccccc3-c3ccccc3-c3ccccc3)n2)cc1. The Labute approximate surface area is 326 Å². The number of hydrogen-bond acceptors (Lipinski definition) is 3. The number of benzene rings is 9. The van der Waals surface area contributed by atoms with E-state index in [0.717, 1.165) is 50.1 Å². The van der Waals surface area contributed by atoms with E-state index in [1.807, 2.05) is 18.2 Å². The fourth-order valence-corrected chi connectivity index (χ4v) is 7.73. The monoisotopic (exact) mass is 713 g/mol. The summed E-state index contributed by atoms with van der Waals surface area (Å²) in [6.07, 6.45) is 0. The maximum atomic E-state index is 5.28. The maximum absolute atomic E-state index is 5.28. The van der Waals surface area contributed by atoms with Gasteiger partial charge < -0.3 is 0 Å². The van der Waals surface area contributed by atoms with Gasteiger partial charge in [0.05, 0.1) is 0 Å². The molecule has 0 N–H and O–H groups in total. The highest BCUT2D eigenvalue weighted by molar-refractivity contribution is 5.95. The molecule has 3 nitrogen and oxygen atoms in total. The third-order valence-corrected chi connectivity index (χ3v) is 10.5. The lowest BCUT2D eigenvalue weighted by Gasteiger charge is -2.16. The summed E-state index contributed by atoms with van der Waals surface area (Å²) in [5, 5.41) is 4.86. The Hall–Kier alpha value is -7.49. The molecule has 0 spiro atoms. The molecular formula is C53H35N3. The van der Waals surface area contributed by atoms with Gasteiger partial charge in [0, 0.05) is 16.7 Å². The minimum absolute atomic E-state index is 0.627. The van der Waals surface area contributed by atoms with Crippen molar-refractivity contribution in [1.82, 2.24) is 15.0 Å². The first-order chi connectivity index (χ1) is 27.7. The van der Waals surface area contributed by atoms with Crippen molar-refractivity contribution in [2.24, 2.45) is 0 Å². The summed E-state index contributed by atoms with van der Waals surface area (Å²) in [6, 6.07) is 74.7. The van der Waals surface area contributed by atoms with Crippen LogP contribution >= 0.6 is 0 Å². The minimum atomic E-state index is 0.627. The van der Waals surface area contributed by atoms with Gasteiger partial charge in [-0.05, 0) is 84.3 Å². The Balaban J connectivity index is 1.09. The lowest BCUT2D eigenvalue weighted by Crippen LogP contribution is -2.02. The number of hydrogen-bond donors (Lipinski definition) is 0. The van der Waals surface area contributed by atoms with E-state index in [1.165, 1.54) is 32.7 Å². The summed E-state index contributed by atoms with van der Waals surface area (Å²) in [6.45, 7) is 0. The van der Waals surface area contributed by atoms with Crippen LogP contribution in [0.4, 0.5) is 0 Å². The van der Waals surface area contributed by atoms with E-state index in [1.54, 1.807) is 0 Å². The smallest absolute Gasteiger partial charge is 0.164 e. The highest BCUT2D eigenvalue weighted by Crippen LogP contribution is 2.39. The fourth-order valence-electron chi connectivity index (χ4n) is 7.73. The van der Waals surface area contributed by atoms with Crippen molar-refractivity contribution >= 4 is 21.5 Å². The predicted octanol–water partition coefficient (Wildman–Crippen LogP) is 13.8. The van der Waals surface area contributed by atoms with Crippen LogP contribution in [0.5, 0.6) is 0 Å². The topological polar surface area (TPSA) is 38.7 Å². The predicted molar refractivity (Wildman–Crippen MR) is 233 cm³/mol. The summed E-state index contributed by atoms with van der Waals surface area (Å²) in [5.41, 5.74) is 11.9. The second-order valence-corrected chi connectivity index (χ2v) is 14.0. The van der Waals surface area contributed by atoms with Crippen LogP contribution in [-0.4, -0.2) is 15.0 Å². The van der Waals surface area contributed by atoms with Crippen molar-refractivity contribution in [3.05, 3.63) is 212 Å². The van der Waals surface area contributed by atoms with Crippen LogP contribution in [0.15, 0.2) is 212 Å². The van der Waals surface area contributed by atoms with Gasteiger partial charge in [-0.25, -0.2) is 15.0 Å². The molecule has 0 aliphatic heterocycles. The molecule has 0 bridgehead atoms. The molecule has 0 unspecified atom stereocenters. The van der Waals surface area contributed by atoms with Crippen molar-refractivity contribution in [2.45, 2.75) is 0 Å². The molecule has 10 aromatic rings. The summed E-state index contributed by atoms with van der Waals surface area (Å²) >= 11 is 0. The van der Waals surface area contributed by atoms with Crippen molar-refractivity contribution < 1.29 is 0 Å². The number of aromatic nitrogens is 3. The molecule has 0 amide bonds. The van der Waals surface area contributed by atoms with Gasteiger partial charge in [0.1, 0.15) is 0 Å². The summed E-state index contributed by atoms with van der Waals surface area (Å²) in [7, 11) is 0. The van der Waals surface area contributed by atoms with Crippen molar-refractivity contribution in [1.29, 1.82) is 0 Å². The first kappa shape index (κ1) is 33.1. The quantitative estimate of drug-likeness (QED) is 0.165. The normalized spacial score (nSPS) is 11.2. The van der Waals surface area contributed by atoms with Crippen LogP contribution in [0.3, 0.4) is 0 Å². The van der Waals surface area contributed by atoms with E-state index in [9.17, 15) is 0 Å². The molecule has 0 fully saturated rings. The van der Waals surface area contributed by atoms with Gasteiger partial charge >= 0.3 is 0 Å². The zero-order valence-electron chi connectivity index (χ0n) is 30.5. The Morgan fingerprint density at radius 1 is 0.196 bits per heavy atom. The molecular weight excluding hydrogens is 679 g/mol. The molecule has 0 aliphatic carbocycles. The van der Waals surface area contributed by atoms with E-state index >= 15 is 0 Å². The summed E-state index contributed by atoms with van der Waals surface area (Å²) in [5.74, 6) is 1.88. The number of nitrogens with zero attached hydrogens (tertiary/aromatic N) is 3. The van der Waals surface area contributed by atoms with Crippen LogP contribution in [0.2, 0.25) is 0 Å². The number of fused-ring (bicyclic) bond motifs is 2. The first-order valence-electron chi connectivity index (χ1n) is 18.9. The molecule has 10 rings (SSSR count). The van der Waals surface area contributed by atoms with Gasteiger partial charge in [-0.2, -0.15) is 0 Å². The second kappa shape index (κ2) is 14.4. The summed E-state index contributed by atoms with van der Waals surface area (Å²) < 4.78 is 0. The molecule has 0 atom stereocenters. The van der Waals surface area contributed by atoms with Crippen LogP contribution in [0.1, 0.15) is 0 Å². The highest BCUT2D eigenvalue weighted by atomic mass is 15.0. The van der Waals surface area contributed by atoms with Crippen molar-refractivity contribution in [3.63, 3.8) is 0 Å². The molecule has 1 aromatic heterocycles. The third-order valence-electron chi connectivity index (χ3n) is 10.5. The molecule has 0 saturated heterocycles. The van der Waals surface area contributed by atoms with Gasteiger partial charge in [0.15, 0.2) is 17.5 Å². The van der Waals surface area contributed by atoms with E-state index in [2.05, 4.69) is 194 Å². The Morgan fingerprint density at radius 2 is 0.554 bits per heavy atom. The highest BCUT2D eigenvalue weighted by Gasteiger charge is 2.19. The lowest BCUT2D eigenvalue weighted by atomic mass is 9.91. The van der Waals surface area contributed by atoms with Crippen LogP contribution in [0.25, 0.3) is 100 Å². The zero-order chi connectivity index (χ0) is 37.3. The minimum Gasteiger partial charge on any atom is -0.208 e. The zero-order valence-corrected chi connectivity index (χ0v) is 30.5. The number of rotatable bonds is 7. The summed E-state index contributed by atoms with van der Waals surface area (Å²) in [4.78, 5) is 15.6. The average Bonchev–Trinajstić information content (AvgIpc) is 3.29. The maximum Gasteiger partial charge on any atom is 0.164 e.